The molecule has 0 aromatic carbocycles. The van der Waals surface area contributed by atoms with E-state index in [-0.39, 0.29) is 23.8 Å². The molecule has 2 amide bonds. The summed E-state index contributed by atoms with van der Waals surface area (Å²) in [5.74, 6) is 1.14. The lowest BCUT2D eigenvalue weighted by molar-refractivity contribution is -0.132. The maximum Gasteiger partial charge on any atom is 0.270 e. The van der Waals surface area contributed by atoms with Gasteiger partial charge < -0.3 is 9.42 Å². The molecule has 0 N–H and O–H groups in total. The van der Waals surface area contributed by atoms with Gasteiger partial charge in [0.25, 0.3) is 5.91 Å². The molecule has 1 aromatic rings. The molecule has 0 saturated carbocycles. The molecule has 0 unspecified atom stereocenters. The zero-order chi connectivity index (χ0) is 17.3. The fourth-order valence-corrected chi connectivity index (χ4v) is 3.06. The molecule has 1 fully saturated rings. The van der Waals surface area contributed by atoms with Gasteiger partial charge in [0.05, 0.1) is 6.04 Å². The van der Waals surface area contributed by atoms with Crippen LogP contribution in [0.5, 0.6) is 0 Å². The lowest BCUT2D eigenvalue weighted by Gasteiger charge is -2.26. The van der Waals surface area contributed by atoms with Crippen LogP contribution < -0.4 is 0 Å². The third kappa shape index (κ3) is 3.05. The average Bonchev–Trinajstić information content (AvgIpc) is 3.23. The third-order valence-corrected chi connectivity index (χ3v) is 4.41. The summed E-state index contributed by atoms with van der Waals surface area (Å²) in [5, 5.41) is 9.66. The summed E-state index contributed by atoms with van der Waals surface area (Å²) in [6.07, 6.45) is 2.43. The van der Waals surface area contributed by atoms with Crippen LogP contribution >= 0.6 is 0 Å². The molecule has 0 radical (unpaired) electrons. The number of rotatable bonds is 4. The second kappa shape index (κ2) is 6.70. The molecular weight excluding hydrogens is 310 g/mol. The molecule has 0 spiro atoms. The molecule has 1 aromatic heterocycles. The van der Waals surface area contributed by atoms with Gasteiger partial charge in [0, 0.05) is 31.8 Å². The lowest BCUT2D eigenvalue weighted by atomic mass is 10.1. The van der Waals surface area contributed by atoms with Crippen LogP contribution in [0.4, 0.5) is 0 Å². The van der Waals surface area contributed by atoms with Crippen molar-refractivity contribution >= 4 is 17.5 Å². The van der Waals surface area contributed by atoms with Crippen molar-refractivity contribution in [2.75, 3.05) is 13.1 Å². The molecule has 8 nitrogen and oxygen atoms in total. The predicted molar refractivity (Wildman–Crippen MR) is 86.1 cm³/mol. The first kappa shape index (κ1) is 16.6. The van der Waals surface area contributed by atoms with Crippen LogP contribution in [0.25, 0.3) is 0 Å². The Morgan fingerprint density at radius 2 is 2.17 bits per heavy atom. The zero-order valence-electron chi connectivity index (χ0n) is 14.4. The van der Waals surface area contributed by atoms with E-state index in [4.69, 9.17) is 4.52 Å². The average molecular weight is 333 g/mol. The highest BCUT2D eigenvalue weighted by molar-refractivity contribution is 6.39. The Labute approximate surface area is 140 Å². The van der Waals surface area contributed by atoms with Crippen molar-refractivity contribution in [1.29, 1.82) is 0 Å². The highest BCUT2D eigenvalue weighted by Crippen LogP contribution is 2.31. The molecule has 1 saturated heterocycles. The topological polar surface area (TPSA) is 91.9 Å². The van der Waals surface area contributed by atoms with Crippen LogP contribution in [0, 0.1) is 0 Å². The van der Waals surface area contributed by atoms with Gasteiger partial charge in [0.15, 0.2) is 5.82 Å². The SMILES string of the molecule is CCN1N=C(C(=O)N2CCC[C@@H]2c2noc(C(C)C)n2)CCC1=O. The fourth-order valence-electron chi connectivity index (χ4n) is 3.06. The number of likely N-dealkylation sites (tertiary alicyclic amines) is 1. The number of hydrazone groups is 1. The van der Waals surface area contributed by atoms with Crippen molar-refractivity contribution in [3.63, 3.8) is 0 Å². The van der Waals surface area contributed by atoms with E-state index < -0.39 is 0 Å². The van der Waals surface area contributed by atoms with Crippen molar-refractivity contribution < 1.29 is 14.1 Å². The quantitative estimate of drug-likeness (QED) is 0.838. The second-order valence-corrected chi connectivity index (χ2v) is 6.46. The molecule has 3 heterocycles. The fraction of sp³-hybridized carbons (Fsp3) is 0.688. The Balaban J connectivity index is 1.79. The van der Waals surface area contributed by atoms with Crippen LogP contribution in [-0.2, 0) is 9.59 Å². The van der Waals surface area contributed by atoms with Gasteiger partial charge in [0.2, 0.25) is 11.8 Å². The summed E-state index contributed by atoms with van der Waals surface area (Å²) in [5.41, 5.74) is 0.441. The van der Waals surface area contributed by atoms with Crippen LogP contribution in [0.15, 0.2) is 9.62 Å². The summed E-state index contributed by atoms with van der Waals surface area (Å²) in [6, 6.07) is -0.177. The van der Waals surface area contributed by atoms with Crippen molar-refractivity contribution in [3.05, 3.63) is 11.7 Å². The number of carbonyl (C=O) groups is 2. The van der Waals surface area contributed by atoms with Gasteiger partial charge in [-0.25, -0.2) is 5.01 Å². The van der Waals surface area contributed by atoms with E-state index in [2.05, 4.69) is 15.2 Å². The van der Waals surface area contributed by atoms with Crippen LogP contribution in [-0.4, -0.2) is 50.7 Å². The number of aromatic nitrogens is 2. The molecule has 8 heteroatoms. The molecule has 24 heavy (non-hydrogen) atoms. The number of hydrogen-bond donors (Lipinski definition) is 0. The van der Waals surface area contributed by atoms with Crippen LogP contribution in [0.2, 0.25) is 0 Å². The minimum Gasteiger partial charge on any atom is -0.339 e. The highest BCUT2D eigenvalue weighted by Gasteiger charge is 2.36. The second-order valence-electron chi connectivity index (χ2n) is 6.46. The van der Waals surface area contributed by atoms with Gasteiger partial charge in [-0.05, 0) is 19.8 Å². The molecule has 1 atom stereocenters. The van der Waals surface area contributed by atoms with Gasteiger partial charge in [-0.15, -0.1) is 0 Å². The van der Waals surface area contributed by atoms with E-state index in [1.54, 1.807) is 4.90 Å². The first-order valence-corrected chi connectivity index (χ1v) is 8.53. The van der Waals surface area contributed by atoms with Gasteiger partial charge in [-0.2, -0.15) is 10.1 Å². The monoisotopic (exact) mass is 333 g/mol. The third-order valence-electron chi connectivity index (χ3n) is 4.41. The van der Waals surface area contributed by atoms with E-state index >= 15 is 0 Å². The Hall–Kier alpha value is -2.25. The first-order valence-electron chi connectivity index (χ1n) is 8.53. The van der Waals surface area contributed by atoms with Gasteiger partial charge >= 0.3 is 0 Å². The summed E-state index contributed by atoms with van der Waals surface area (Å²) in [4.78, 5) is 30.8. The number of nitrogens with zero attached hydrogens (tertiary/aromatic N) is 5. The van der Waals surface area contributed by atoms with Crippen molar-refractivity contribution in [3.8, 4) is 0 Å². The molecule has 0 aliphatic carbocycles. The number of carbonyl (C=O) groups excluding carboxylic acids is 2. The van der Waals surface area contributed by atoms with E-state index in [0.29, 0.717) is 43.4 Å². The summed E-state index contributed by atoms with van der Waals surface area (Å²) in [6.45, 7) is 6.94. The zero-order valence-corrected chi connectivity index (χ0v) is 14.4. The summed E-state index contributed by atoms with van der Waals surface area (Å²) < 4.78 is 5.28. The Kier molecular flexibility index (Phi) is 4.64. The number of hydrogen-bond acceptors (Lipinski definition) is 6. The minimum atomic E-state index is -0.177. The van der Waals surface area contributed by atoms with Gasteiger partial charge in [-0.1, -0.05) is 19.0 Å². The highest BCUT2D eigenvalue weighted by atomic mass is 16.5. The Morgan fingerprint density at radius 1 is 1.38 bits per heavy atom. The van der Waals surface area contributed by atoms with Gasteiger partial charge in [0.1, 0.15) is 5.71 Å². The molecule has 130 valence electrons. The molecule has 3 rings (SSSR count). The molecular formula is C16H23N5O3. The van der Waals surface area contributed by atoms with Crippen LogP contribution in [0.3, 0.4) is 0 Å². The Morgan fingerprint density at radius 3 is 2.83 bits per heavy atom. The smallest absolute Gasteiger partial charge is 0.270 e. The number of amides is 2. The largest absolute Gasteiger partial charge is 0.339 e. The van der Waals surface area contributed by atoms with E-state index in [9.17, 15) is 9.59 Å². The predicted octanol–water partition coefficient (Wildman–Crippen LogP) is 1.85. The van der Waals surface area contributed by atoms with Crippen molar-refractivity contribution in [2.24, 2.45) is 5.10 Å². The Bertz CT molecular complexity index is 666. The summed E-state index contributed by atoms with van der Waals surface area (Å²) >= 11 is 0. The molecule has 0 bridgehead atoms. The van der Waals surface area contributed by atoms with Crippen LogP contribution in [0.1, 0.15) is 70.1 Å². The summed E-state index contributed by atoms with van der Waals surface area (Å²) in [7, 11) is 0. The lowest BCUT2D eigenvalue weighted by Crippen LogP contribution is -2.41. The van der Waals surface area contributed by atoms with E-state index in [0.717, 1.165) is 12.8 Å². The maximum absolute atomic E-state index is 12.9. The van der Waals surface area contributed by atoms with Crippen molar-refractivity contribution in [2.45, 2.75) is 58.4 Å². The first-order chi connectivity index (χ1) is 11.5. The maximum atomic E-state index is 12.9. The van der Waals surface area contributed by atoms with Crippen molar-refractivity contribution in [1.82, 2.24) is 20.0 Å². The van der Waals surface area contributed by atoms with E-state index in [1.807, 2.05) is 20.8 Å². The standard InChI is InChI=1S/C16H23N5O3/c1-4-21-13(22)8-7-11(18-21)16(23)20-9-5-6-12(20)14-17-15(10(2)3)24-19-14/h10,12H,4-9H2,1-3H3/t12-/m1/s1. The van der Waals surface area contributed by atoms with E-state index in [1.165, 1.54) is 5.01 Å². The normalized spacial score (nSPS) is 21.6. The van der Waals surface area contributed by atoms with Gasteiger partial charge in [-0.3, -0.25) is 9.59 Å². The molecule has 2 aliphatic heterocycles. The molecule has 2 aliphatic rings. The minimum absolute atomic E-state index is 0.0354.